The van der Waals surface area contributed by atoms with Crippen LogP contribution in [-0.2, 0) is 16.0 Å². The molecule has 1 atom stereocenters. The molecule has 1 aromatic carbocycles. The second-order valence-electron chi connectivity index (χ2n) is 8.54. The lowest BCUT2D eigenvalue weighted by Gasteiger charge is -2.21. The van der Waals surface area contributed by atoms with Gasteiger partial charge in [0.05, 0.1) is 12.2 Å². The Bertz CT molecular complexity index is 810. The molecule has 0 saturated carbocycles. The van der Waals surface area contributed by atoms with E-state index in [-0.39, 0.29) is 13.4 Å². The summed E-state index contributed by atoms with van der Waals surface area (Å²) >= 11 is 0. The number of hydrogen-bond acceptors (Lipinski definition) is 5. The zero-order chi connectivity index (χ0) is 23.2. The number of Topliss-reactive ketones (excluding diaryl/α,β-unsaturated/α-hetero) is 1. The molecule has 1 amide bonds. The van der Waals surface area contributed by atoms with Gasteiger partial charge in [0.2, 0.25) is 5.91 Å². The van der Waals surface area contributed by atoms with E-state index in [2.05, 4.69) is 9.88 Å². The second-order valence-corrected chi connectivity index (χ2v) is 8.54. The first-order valence-electron chi connectivity index (χ1n) is 12.0. The number of amides is 1. The van der Waals surface area contributed by atoms with Crippen molar-refractivity contribution in [3.05, 3.63) is 42.4 Å². The van der Waals surface area contributed by atoms with Gasteiger partial charge in [-0.2, -0.15) is 0 Å². The van der Waals surface area contributed by atoms with Crippen molar-refractivity contribution in [2.75, 3.05) is 13.6 Å². The molecule has 1 fully saturated rings. The minimum absolute atomic E-state index is 0. The lowest BCUT2D eigenvalue weighted by molar-refractivity contribution is -0.123. The zero-order valence-corrected chi connectivity index (χ0v) is 19.7. The van der Waals surface area contributed by atoms with E-state index in [9.17, 15) is 9.59 Å². The van der Waals surface area contributed by atoms with Crippen molar-refractivity contribution in [2.24, 2.45) is 5.73 Å². The smallest absolute Gasteiger partial charge is 0.234 e. The average Bonchev–Trinajstić information content (AvgIpc) is 3.17. The van der Waals surface area contributed by atoms with Crippen LogP contribution in [-0.4, -0.2) is 41.2 Å². The highest BCUT2D eigenvalue weighted by Gasteiger charge is 2.21. The van der Waals surface area contributed by atoms with Crippen molar-refractivity contribution in [1.29, 1.82) is 0 Å². The van der Waals surface area contributed by atoms with E-state index < -0.39 is 0 Å². The maximum absolute atomic E-state index is 11.2. The van der Waals surface area contributed by atoms with Crippen molar-refractivity contribution in [1.82, 2.24) is 9.88 Å². The van der Waals surface area contributed by atoms with Gasteiger partial charge >= 0.3 is 0 Å². The fourth-order valence-electron chi connectivity index (χ4n) is 3.90. The predicted octanol–water partition coefficient (Wildman–Crippen LogP) is 5.41. The molecule has 2 heterocycles. The summed E-state index contributed by atoms with van der Waals surface area (Å²) in [7, 11) is 1.97. The Morgan fingerprint density at radius 1 is 1.12 bits per heavy atom. The van der Waals surface area contributed by atoms with Crippen LogP contribution in [0.25, 0.3) is 11.3 Å². The SMILES string of the molecule is CCC(=O)CCCCCCc1ncc(-c2ccccc2)o1.CN1CCCCCC1C(N)=O.[HH]. The first kappa shape index (κ1) is 25.8. The quantitative estimate of drug-likeness (QED) is 0.496. The standard InChI is InChI=1S/C18H23NO2.C8H16N2O.H2/c1-2-16(20)12-8-3-4-9-13-18-19-14-17(21-18)15-10-6-5-7-11-15;1-10-6-4-2-3-5-7(10)8(9)11;/h5-7,10-11,14H,2-4,8-9,12-13H2,1H3;7H,2-6H2,1H3,(H2,9,11);1H. The Labute approximate surface area is 194 Å². The van der Waals surface area contributed by atoms with Gasteiger partial charge in [-0.1, -0.05) is 62.9 Å². The van der Waals surface area contributed by atoms with E-state index >= 15 is 0 Å². The molecule has 178 valence electrons. The van der Waals surface area contributed by atoms with Gasteiger partial charge in [0.25, 0.3) is 0 Å². The van der Waals surface area contributed by atoms with Gasteiger partial charge in [-0.25, -0.2) is 4.98 Å². The summed E-state index contributed by atoms with van der Waals surface area (Å²) in [5.41, 5.74) is 6.31. The number of nitrogens with zero attached hydrogens (tertiary/aromatic N) is 2. The average molecular weight is 444 g/mol. The Kier molecular flexibility index (Phi) is 11.7. The third kappa shape index (κ3) is 9.35. The van der Waals surface area contributed by atoms with Crippen LogP contribution in [0.5, 0.6) is 0 Å². The van der Waals surface area contributed by atoms with Crippen LogP contribution >= 0.6 is 0 Å². The molecule has 0 bridgehead atoms. The highest BCUT2D eigenvalue weighted by atomic mass is 16.4. The van der Waals surface area contributed by atoms with Gasteiger partial charge in [0.15, 0.2) is 11.7 Å². The third-order valence-corrected chi connectivity index (χ3v) is 5.95. The molecule has 3 rings (SSSR count). The molecule has 6 heteroatoms. The first-order chi connectivity index (χ1) is 15.5. The van der Waals surface area contributed by atoms with Gasteiger partial charge in [0.1, 0.15) is 5.78 Å². The number of aromatic nitrogens is 1. The molecular formula is C26H41N3O3. The number of nitrogens with two attached hydrogens (primary N) is 1. The number of likely N-dealkylation sites (N-methyl/N-ethyl adjacent to an activating group) is 1. The Morgan fingerprint density at radius 2 is 1.88 bits per heavy atom. The number of carbonyl (C=O) groups is 2. The van der Waals surface area contributed by atoms with Crippen LogP contribution < -0.4 is 5.73 Å². The van der Waals surface area contributed by atoms with Crippen LogP contribution in [0.4, 0.5) is 0 Å². The summed E-state index contributed by atoms with van der Waals surface area (Å²) < 4.78 is 5.77. The normalized spacial score (nSPS) is 16.6. The van der Waals surface area contributed by atoms with Crippen LogP contribution in [0, 0.1) is 0 Å². The topological polar surface area (TPSA) is 89.4 Å². The van der Waals surface area contributed by atoms with Crippen LogP contribution in [0.1, 0.15) is 78.4 Å². The minimum Gasteiger partial charge on any atom is -0.441 e. The molecule has 1 unspecified atom stereocenters. The maximum Gasteiger partial charge on any atom is 0.234 e. The maximum atomic E-state index is 11.2. The highest BCUT2D eigenvalue weighted by molar-refractivity contribution is 5.79. The van der Waals surface area contributed by atoms with E-state index in [0.717, 1.165) is 75.1 Å². The molecule has 1 aliphatic rings. The molecule has 1 aromatic heterocycles. The number of ketones is 1. The van der Waals surface area contributed by atoms with Crippen molar-refractivity contribution < 1.29 is 15.4 Å². The van der Waals surface area contributed by atoms with Gasteiger partial charge in [-0.3, -0.25) is 14.5 Å². The van der Waals surface area contributed by atoms with Gasteiger partial charge in [-0.15, -0.1) is 0 Å². The minimum atomic E-state index is -0.172. The largest absolute Gasteiger partial charge is 0.441 e. The summed E-state index contributed by atoms with van der Waals surface area (Å²) in [6.07, 6.45) is 12.9. The monoisotopic (exact) mass is 443 g/mol. The fourth-order valence-corrected chi connectivity index (χ4v) is 3.90. The van der Waals surface area contributed by atoms with Gasteiger partial charge in [-0.05, 0) is 39.3 Å². The van der Waals surface area contributed by atoms with Crippen molar-refractivity contribution >= 4 is 11.7 Å². The van der Waals surface area contributed by atoms with Crippen LogP contribution in [0.3, 0.4) is 0 Å². The molecule has 0 radical (unpaired) electrons. The number of hydrogen-bond donors (Lipinski definition) is 1. The number of likely N-dealkylation sites (tertiary alicyclic amines) is 1. The van der Waals surface area contributed by atoms with E-state index in [1.807, 2.05) is 44.3 Å². The molecule has 1 saturated heterocycles. The van der Waals surface area contributed by atoms with Gasteiger partial charge < -0.3 is 10.2 Å². The molecule has 2 aromatic rings. The Morgan fingerprint density at radius 3 is 2.59 bits per heavy atom. The highest BCUT2D eigenvalue weighted by Crippen LogP contribution is 2.20. The zero-order valence-electron chi connectivity index (χ0n) is 19.7. The van der Waals surface area contributed by atoms with Crippen LogP contribution in [0.2, 0.25) is 0 Å². The molecule has 1 aliphatic heterocycles. The lowest BCUT2D eigenvalue weighted by atomic mass is 10.1. The molecule has 0 spiro atoms. The number of rotatable bonds is 10. The number of carbonyl (C=O) groups excluding carboxylic acids is 2. The molecule has 0 aliphatic carbocycles. The lowest BCUT2D eigenvalue weighted by Crippen LogP contribution is -2.41. The predicted molar refractivity (Wildman–Crippen MR) is 130 cm³/mol. The number of benzene rings is 1. The van der Waals surface area contributed by atoms with Crippen LogP contribution in [0.15, 0.2) is 40.9 Å². The summed E-state index contributed by atoms with van der Waals surface area (Å²) in [5, 5.41) is 0. The summed E-state index contributed by atoms with van der Waals surface area (Å²) in [6.45, 7) is 2.93. The van der Waals surface area contributed by atoms with E-state index in [0.29, 0.717) is 12.2 Å². The number of primary amides is 1. The van der Waals surface area contributed by atoms with Crippen molar-refractivity contribution in [3.8, 4) is 11.3 Å². The fraction of sp³-hybridized carbons (Fsp3) is 0.577. The second kappa shape index (κ2) is 14.6. The van der Waals surface area contributed by atoms with E-state index in [1.54, 1.807) is 6.20 Å². The Balaban J connectivity index is 0.000000385. The molecule has 6 nitrogen and oxygen atoms in total. The summed E-state index contributed by atoms with van der Waals surface area (Å²) in [6, 6.07) is 10.0. The number of aryl methyl sites for hydroxylation is 1. The Hall–Kier alpha value is -2.47. The van der Waals surface area contributed by atoms with Gasteiger partial charge in [0, 0.05) is 26.3 Å². The summed E-state index contributed by atoms with van der Waals surface area (Å²) in [5.74, 6) is 1.84. The summed E-state index contributed by atoms with van der Waals surface area (Å²) in [4.78, 5) is 28.5. The van der Waals surface area contributed by atoms with Crippen molar-refractivity contribution in [3.63, 3.8) is 0 Å². The number of oxazole rings is 1. The first-order valence-corrected chi connectivity index (χ1v) is 12.0. The van der Waals surface area contributed by atoms with Crippen molar-refractivity contribution in [2.45, 2.75) is 83.6 Å². The third-order valence-electron chi connectivity index (χ3n) is 5.95. The van der Waals surface area contributed by atoms with E-state index in [4.69, 9.17) is 10.2 Å². The molecule has 32 heavy (non-hydrogen) atoms. The molecular weight excluding hydrogens is 402 g/mol. The number of unbranched alkanes of at least 4 members (excludes halogenated alkanes) is 3. The molecule has 2 N–H and O–H groups in total. The van der Waals surface area contributed by atoms with E-state index in [1.165, 1.54) is 12.8 Å².